The van der Waals surface area contributed by atoms with Gasteiger partial charge in [0.25, 0.3) is 0 Å². The van der Waals surface area contributed by atoms with Gasteiger partial charge in [0.05, 0.1) is 17.8 Å². The van der Waals surface area contributed by atoms with Crippen LogP contribution in [0.2, 0.25) is 5.02 Å². The fraction of sp³-hybridized carbons (Fsp3) is 0.154. The third-order valence-electron chi connectivity index (χ3n) is 3.01. The van der Waals surface area contributed by atoms with Crippen LogP contribution in [-0.2, 0) is 9.59 Å². The Labute approximate surface area is 119 Å². The SMILES string of the molecule is O=C1CC(Nc2cc(Cl)ccc2-n2cccn2)C(=O)N1. The average Bonchev–Trinajstić information content (AvgIpc) is 3.01. The summed E-state index contributed by atoms with van der Waals surface area (Å²) in [4.78, 5) is 22.8. The minimum Gasteiger partial charge on any atom is -0.371 e. The van der Waals surface area contributed by atoms with Crippen molar-refractivity contribution in [3.63, 3.8) is 0 Å². The van der Waals surface area contributed by atoms with Gasteiger partial charge in [-0.25, -0.2) is 4.68 Å². The van der Waals surface area contributed by atoms with Crippen LogP contribution < -0.4 is 10.6 Å². The molecule has 102 valence electrons. The summed E-state index contributed by atoms with van der Waals surface area (Å²) in [5.74, 6) is -0.614. The summed E-state index contributed by atoms with van der Waals surface area (Å²) in [6, 6.07) is 6.45. The van der Waals surface area contributed by atoms with E-state index in [1.165, 1.54) is 0 Å². The van der Waals surface area contributed by atoms with E-state index >= 15 is 0 Å². The molecule has 1 saturated heterocycles. The highest BCUT2D eigenvalue weighted by Crippen LogP contribution is 2.25. The third kappa shape index (κ3) is 2.37. The lowest BCUT2D eigenvalue weighted by molar-refractivity contribution is -0.124. The van der Waals surface area contributed by atoms with E-state index in [1.54, 1.807) is 41.3 Å². The molecule has 6 nitrogen and oxygen atoms in total. The lowest BCUT2D eigenvalue weighted by atomic mass is 10.2. The van der Waals surface area contributed by atoms with E-state index in [-0.39, 0.29) is 18.2 Å². The molecule has 2 aromatic rings. The van der Waals surface area contributed by atoms with Gasteiger partial charge in [0.15, 0.2) is 0 Å². The fourth-order valence-corrected chi connectivity index (χ4v) is 2.27. The lowest BCUT2D eigenvalue weighted by Crippen LogP contribution is -2.30. The van der Waals surface area contributed by atoms with Crippen molar-refractivity contribution < 1.29 is 9.59 Å². The number of nitrogens with one attached hydrogen (secondary N) is 2. The Morgan fingerprint density at radius 3 is 2.90 bits per heavy atom. The van der Waals surface area contributed by atoms with Gasteiger partial charge in [-0.05, 0) is 24.3 Å². The van der Waals surface area contributed by atoms with Gasteiger partial charge in [-0.15, -0.1) is 0 Å². The number of amides is 2. The largest absolute Gasteiger partial charge is 0.371 e. The van der Waals surface area contributed by atoms with Gasteiger partial charge in [0.1, 0.15) is 6.04 Å². The molecule has 1 aromatic heterocycles. The molecule has 3 rings (SSSR count). The van der Waals surface area contributed by atoms with Crippen LogP contribution in [0.5, 0.6) is 0 Å². The second-order valence-electron chi connectivity index (χ2n) is 4.43. The molecule has 0 radical (unpaired) electrons. The molecule has 2 N–H and O–H groups in total. The number of hydrogen-bond acceptors (Lipinski definition) is 4. The topological polar surface area (TPSA) is 76.0 Å². The summed E-state index contributed by atoms with van der Waals surface area (Å²) < 4.78 is 1.66. The molecule has 1 fully saturated rings. The molecular weight excluding hydrogens is 280 g/mol. The van der Waals surface area contributed by atoms with E-state index in [0.29, 0.717) is 10.7 Å². The van der Waals surface area contributed by atoms with Crippen molar-refractivity contribution in [1.29, 1.82) is 0 Å². The average molecular weight is 291 g/mol. The molecule has 1 unspecified atom stereocenters. The van der Waals surface area contributed by atoms with Crippen molar-refractivity contribution in [1.82, 2.24) is 15.1 Å². The summed E-state index contributed by atoms with van der Waals surface area (Å²) in [5, 5.41) is 9.99. The molecule has 1 aliphatic heterocycles. The van der Waals surface area contributed by atoms with E-state index in [1.807, 2.05) is 0 Å². The predicted molar refractivity (Wildman–Crippen MR) is 73.8 cm³/mol. The zero-order valence-corrected chi connectivity index (χ0v) is 11.1. The minimum absolute atomic E-state index is 0.115. The zero-order valence-electron chi connectivity index (χ0n) is 10.3. The summed E-state index contributed by atoms with van der Waals surface area (Å²) in [6.45, 7) is 0. The van der Waals surface area contributed by atoms with Crippen molar-refractivity contribution in [3.8, 4) is 5.69 Å². The molecule has 0 aliphatic carbocycles. The quantitative estimate of drug-likeness (QED) is 0.837. The van der Waals surface area contributed by atoms with Crippen LogP contribution in [0.1, 0.15) is 6.42 Å². The first-order valence-corrected chi connectivity index (χ1v) is 6.41. The number of nitrogens with zero attached hydrogens (tertiary/aromatic N) is 2. The number of imide groups is 1. The molecule has 2 heterocycles. The first-order chi connectivity index (χ1) is 9.63. The number of halogens is 1. The Hall–Kier alpha value is -2.34. The number of carbonyl (C=O) groups is 2. The van der Waals surface area contributed by atoms with Crippen molar-refractivity contribution >= 4 is 29.1 Å². The fourth-order valence-electron chi connectivity index (χ4n) is 2.09. The first kappa shape index (κ1) is 12.7. The Balaban J connectivity index is 1.94. The number of anilines is 1. The highest BCUT2D eigenvalue weighted by Gasteiger charge is 2.30. The van der Waals surface area contributed by atoms with Gasteiger partial charge in [-0.3, -0.25) is 14.9 Å². The molecule has 0 saturated carbocycles. The molecule has 1 aliphatic rings. The normalized spacial score (nSPS) is 18.1. The Morgan fingerprint density at radius 2 is 2.25 bits per heavy atom. The van der Waals surface area contributed by atoms with Crippen LogP contribution in [0.15, 0.2) is 36.7 Å². The van der Waals surface area contributed by atoms with Gasteiger partial charge in [0, 0.05) is 17.4 Å². The van der Waals surface area contributed by atoms with Gasteiger partial charge in [0.2, 0.25) is 11.8 Å². The van der Waals surface area contributed by atoms with Crippen LogP contribution >= 0.6 is 11.6 Å². The first-order valence-electron chi connectivity index (χ1n) is 6.03. The predicted octanol–water partition coefficient (Wildman–Crippen LogP) is 1.35. The van der Waals surface area contributed by atoms with Gasteiger partial charge in [-0.1, -0.05) is 11.6 Å². The van der Waals surface area contributed by atoms with E-state index < -0.39 is 6.04 Å². The molecular formula is C13H11ClN4O2. The van der Waals surface area contributed by atoms with Crippen molar-refractivity contribution in [2.75, 3.05) is 5.32 Å². The standard InChI is InChI=1S/C13H11ClN4O2/c14-8-2-3-11(18-5-1-4-15-18)9(6-8)16-10-7-12(19)17-13(10)20/h1-6,10,16H,7H2,(H,17,19,20). The van der Waals surface area contributed by atoms with E-state index in [9.17, 15) is 9.59 Å². The number of benzene rings is 1. The van der Waals surface area contributed by atoms with Crippen LogP contribution in [0.3, 0.4) is 0 Å². The smallest absolute Gasteiger partial charge is 0.249 e. The molecule has 7 heteroatoms. The second-order valence-corrected chi connectivity index (χ2v) is 4.86. The number of aromatic nitrogens is 2. The second kappa shape index (κ2) is 4.97. The molecule has 2 amide bonds. The molecule has 0 bridgehead atoms. The maximum absolute atomic E-state index is 11.6. The number of hydrogen-bond donors (Lipinski definition) is 2. The maximum Gasteiger partial charge on any atom is 0.249 e. The lowest BCUT2D eigenvalue weighted by Gasteiger charge is -2.15. The van der Waals surface area contributed by atoms with Crippen molar-refractivity contribution in [3.05, 3.63) is 41.7 Å². The van der Waals surface area contributed by atoms with Crippen LogP contribution in [0, 0.1) is 0 Å². The van der Waals surface area contributed by atoms with Crippen LogP contribution in [0.25, 0.3) is 5.69 Å². The highest BCUT2D eigenvalue weighted by atomic mass is 35.5. The van der Waals surface area contributed by atoms with E-state index in [0.717, 1.165) is 5.69 Å². The third-order valence-corrected chi connectivity index (χ3v) is 3.24. The van der Waals surface area contributed by atoms with Crippen molar-refractivity contribution in [2.45, 2.75) is 12.5 Å². The Morgan fingerprint density at radius 1 is 1.40 bits per heavy atom. The zero-order chi connectivity index (χ0) is 14.1. The van der Waals surface area contributed by atoms with Gasteiger partial charge in [-0.2, -0.15) is 5.10 Å². The highest BCUT2D eigenvalue weighted by molar-refractivity contribution is 6.31. The maximum atomic E-state index is 11.6. The van der Waals surface area contributed by atoms with Crippen LogP contribution in [0.4, 0.5) is 5.69 Å². The Kier molecular flexibility index (Phi) is 3.15. The molecule has 0 spiro atoms. The van der Waals surface area contributed by atoms with Crippen LogP contribution in [-0.4, -0.2) is 27.6 Å². The molecule has 20 heavy (non-hydrogen) atoms. The van der Waals surface area contributed by atoms with E-state index in [2.05, 4.69) is 15.7 Å². The van der Waals surface area contributed by atoms with Gasteiger partial charge >= 0.3 is 0 Å². The van der Waals surface area contributed by atoms with E-state index in [4.69, 9.17) is 11.6 Å². The number of rotatable bonds is 3. The molecule has 1 atom stereocenters. The summed E-state index contributed by atoms with van der Waals surface area (Å²) >= 11 is 5.99. The monoisotopic (exact) mass is 290 g/mol. The number of carbonyl (C=O) groups excluding carboxylic acids is 2. The minimum atomic E-state index is -0.588. The summed E-state index contributed by atoms with van der Waals surface area (Å²) in [6.07, 6.45) is 3.56. The summed E-state index contributed by atoms with van der Waals surface area (Å²) in [7, 11) is 0. The van der Waals surface area contributed by atoms with Gasteiger partial charge < -0.3 is 5.32 Å². The van der Waals surface area contributed by atoms with Crippen molar-refractivity contribution in [2.24, 2.45) is 0 Å². The Bertz CT molecular complexity index is 669. The summed E-state index contributed by atoms with van der Waals surface area (Å²) in [5.41, 5.74) is 1.41. The molecule has 1 aromatic carbocycles.